The second-order valence-corrected chi connectivity index (χ2v) is 4.19. The molecular weight excluding hydrogens is 210 g/mol. The van der Waals surface area contributed by atoms with E-state index in [-0.39, 0.29) is 0 Å². The molecule has 0 saturated heterocycles. The molecule has 0 unspecified atom stereocenters. The Balaban J connectivity index is 2.29. The third-order valence-corrected chi connectivity index (χ3v) is 2.92. The fourth-order valence-corrected chi connectivity index (χ4v) is 2.07. The van der Waals surface area contributed by atoms with E-state index in [0.717, 1.165) is 22.5 Å². The van der Waals surface area contributed by atoms with Gasteiger partial charge in [-0.15, -0.1) is 0 Å². The van der Waals surface area contributed by atoms with Gasteiger partial charge >= 0.3 is 0 Å². The molecule has 0 aliphatic heterocycles. The van der Waals surface area contributed by atoms with Gasteiger partial charge in [-0.05, 0) is 32.0 Å². The summed E-state index contributed by atoms with van der Waals surface area (Å²) in [5, 5.41) is 0. The molecule has 0 amide bonds. The molecule has 84 valence electrons. The van der Waals surface area contributed by atoms with Crippen molar-refractivity contribution in [3.05, 3.63) is 54.1 Å². The summed E-state index contributed by atoms with van der Waals surface area (Å²) in [6.45, 7) is 4.10. The Morgan fingerprint density at radius 1 is 1.00 bits per heavy atom. The fraction of sp³-hybridized carbons (Fsp3) is 0.143. The molecule has 3 nitrogen and oxygen atoms in total. The lowest BCUT2D eigenvalue weighted by atomic mass is 10.2. The van der Waals surface area contributed by atoms with Crippen molar-refractivity contribution in [2.75, 3.05) is 0 Å². The van der Waals surface area contributed by atoms with E-state index in [0.29, 0.717) is 0 Å². The second-order valence-electron chi connectivity index (χ2n) is 4.19. The lowest BCUT2D eigenvalue weighted by molar-refractivity contribution is 1.000. The van der Waals surface area contributed by atoms with Crippen molar-refractivity contribution < 1.29 is 0 Å². The average Bonchev–Trinajstić information content (AvgIpc) is 2.66. The van der Waals surface area contributed by atoms with Crippen LogP contribution < -0.4 is 0 Å². The van der Waals surface area contributed by atoms with E-state index >= 15 is 0 Å². The highest BCUT2D eigenvalue weighted by Crippen LogP contribution is 2.20. The molecule has 0 fully saturated rings. The number of aromatic nitrogens is 3. The van der Waals surface area contributed by atoms with Gasteiger partial charge in [0, 0.05) is 11.9 Å². The Bertz CT molecular complexity index is 666. The predicted molar refractivity (Wildman–Crippen MR) is 68.3 cm³/mol. The normalized spacial score (nSPS) is 10.9. The van der Waals surface area contributed by atoms with E-state index in [4.69, 9.17) is 0 Å². The van der Waals surface area contributed by atoms with E-state index in [1.807, 2.05) is 13.0 Å². The Labute approximate surface area is 99.8 Å². The van der Waals surface area contributed by atoms with Crippen molar-refractivity contribution in [3.63, 3.8) is 0 Å². The number of aryl methyl sites for hydroxylation is 2. The Morgan fingerprint density at radius 2 is 1.76 bits per heavy atom. The number of fused-ring (bicyclic) bond motifs is 1. The van der Waals surface area contributed by atoms with Gasteiger partial charge in [-0.25, -0.2) is 4.98 Å². The first kappa shape index (κ1) is 10.0. The van der Waals surface area contributed by atoms with Gasteiger partial charge in [-0.3, -0.25) is 9.55 Å². The van der Waals surface area contributed by atoms with Crippen LogP contribution in [0.1, 0.15) is 11.4 Å². The molecule has 3 rings (SSSR count). The molecular formula is C14H13N3. The van der Waals surface area contributed by atoms with Crippen molar-refractivity contribution in [1.29, 1.82) is 0 Å². The minimum absolute atomic E-state index is 0.936. The number of rotatable bonds is 1. The first-order valence-electron chi connectivity index (χ1n) is 5.62. The van der Waals surface area contributed by atoms with Gasteiger partial charge < -0.3 is 0 Å². The van der Waals surface area contributed by atoms with Crippen LogP contribution in [0.25, 0.3) is 16.7 Å². The van der Waals surface area contributed by atoms with Gasteiger partial charge in [-0.1, -0.05) is 17.7 Å². The zero-order valence-electron chi connectivity index (χ0n) is 9.88. The van der Waals surface area contributed by atoms with E-state index < -0.39 is 0 Å². The third kappa shape index (κ3) is 1.60. The van der Waals surface area contributed by atoms with Crippen molar-refractivity contribution >= 4 is 11.0 Å². The molecule has 0 atom stereocenters. The van der Waals surface area contributed by atoms with Gasteiger partial charge in [0.25, 0.3) is 0 Å². The van der Waals surface area contributed by atoms with Gasteiger partial charge in [0.2, 0.25) is 0 Å². The lowest BCUT2D eigenvalue weighted by Crippen LogP contribution is -1.96. The smallest absolute Gasteiger partial charge is 0.111 e. The standard InChI is InChI=1S/C14H13N3/c1-10-3-5-12(6-4-10)17-11(2)16-13-9-15-8-7-14(13)17/h3-9H,1-2H3. The third-order valence-electron chi connectivity index (χ3n) is 2.92. The number of hydrogen-bond acceptors (Lipinski definition) is 2. The van der Waals surface area contributed by atoms with Crippen LogP contribution in [0, 0.1) is 13.8 Å². The molecule has 3 heteroatoms. The molecule has 2 aromatic heterocycles. The van der Waals surface area contributed by atoms with Crippen molar-refractivity contribution in [2.24, 2.45) is 0 Å². The molecule has 17 heavy (non-hydrogen) atoms. The highest BCUT2D eigenvalue weighted by Gasteiger charge is 2.08. The largest absolute Gasteiger partial charge is 0.296 e. The molecule has 0 bridgehead atoms. The van der Waals surface area contributed by atoms with Crippen LogP contribution in [0.3, 0.4) is 0 Å². The summed E-state index contributed by atoms with van der Waals surface area (Å²) in [5.74, 6) is 0.983. The fourth-order valence-electron chi connectivity index (χ4n) is 2.07. The molecule has 0 spiro atoms. The number of pyridine rings is 1. The van der Waals surface area contributed by atoms with Crippen molar-refractivity contribution in [1.82, 2.24) is 14.5 Å². The van der Waals surface area contributed by atoms with Crippen LogP contribution in [-0.4, -0.2) is 14.5 Å². The van der Waals surface area contributed by atoms with E-state index in [1.54, 1.807) is 12.4 Å². The first-order valence-corrected chi connectivity index (χ1v) is 5.62. The molecule has 0 saturated carbocycles. The van der Waals surface area contributed by atoms with Gasteiger partial charge in [0.05, 0.1) is 11.7 Å². The summed E-state index contributed by atoms with van der Waals surface area (Å²) in [5.41, 5.74) is 4.44. The van der Waals surface area contributed by atoms with Crippen LogP contribution in [0.4, 0.5) is 0 Å². The molecule has 0 N–H and O–H groups in total. The van der Waals surface area contributed by atoms with Gasteiger partial charge in [0.1, 0.15) is 11.3 Å². The number of hydrogen-bond donors (Lipinski definition) is 0. The molecule has 0 aliphatic rings. The average molecular weight is 223 g/mol. The quantitative estimate of drug-likeness (QED) is 0.634. The second kappa shape index (κ2) is 3.70. The topological polar surface area (TPSA) is 30.7 Å². The summed E-state index contributed by atoms with van der Waals surface area (Å²) in [7, 11) is 0. The van der Waals surface area contributed by atoms with Crippen LogP contribution in [-0.2, 0) is 0 Å². The Kier molecular flexibility index (Phi) is 2.18. The van der Waals surface area contributed by atoms with Crippen molar-refractivity contribution in [2.45, 2.75) is 13.8 Å². The molecule has 3 aromatic rings. The zero-order chi connectivity index (χ0) is 11.8. The lowest BCUT2D eigenvalue weighted by Gasteiger charge is -2.06. The molecule has 0 radical (unpaired) electrons. The maximum atomic E-state index is 4.51. The Morgan fingerprint density at radius 3 is 2.53 bits per heavy atom. The first-order chi connectivity index (χ1) is 8.25. The molecule has 0 aliphatic carbocycles. The van der Waals surface area contributed by atoms with Crippen LogP contribution in [0.15, 0.2) is 42.7 Å². The van der Waals surface area contributed by atoms with Gasteiger partial charge in [0.15, 0.2) is 0 Å². The number of nitrogens with zero attached hydrogens (tertiary/aromatic N) is 3. The predicted octanol–water partition coefficient (Wildman–Crippen LogP) is 3.04. The summed E-state index contributed by atoms with van der Waals surface area (Å²) >= 11 is 0. The SMILES string of the molecule is Cc1ccc(-n2c(C)nc3cnccc32)cc1. The summed E-state index contributed by atoms with van der Waals surface area (Å²) in [6, 6.07) is 10.5. The zero-order valence-corrected chi connectivity index (χ0v) is 9.88. The Hall–Kier alpha value is -2.16. The molecule has 1 aromatic carbocycles. The number of benzene rings is 1. The number of imidazole rings is 1. The molecule has 2 heterocycles. The maximum absolute atomic E-state index is 4.51. The van der Waals surface area contributed by atoms with E-state index in [2.05, 4.69) is 45.7 Å². The van der Waals surface area contributed by atoms with Crippen LogP contribution >= 0.6 is 0 Å². The highest BCUT2D eigenvalue weighted by atomic mass is 15.1. The summed E-state index contributed by atoms with van der Waals surface area (Å²) < 4.78 is 2.15. The monoisotopic (exact) mass is 223 g/mol. The summed E-state index contributed by atoms with van der Waals surface area (Å²) in [4.78, 5) is 8.61. The van der Waals surface area contributed by atoms with Crippen molar-refractivity contribution in [3.8, 4) is 5.69 Å². The van der Waals surface area contributed by atoms with Gasteiger partial charge in [-0.2, -0.15) is 0 Å². The minimum Gasteiger partial charge on any atom is -0.296 e. The van der Waals surface area contributed by atoms with E-state index in [1.165, 1.54) is 5.56 Å². The minimum atomic E-state index is 0.936. The summed E-state index contributed by atoms with van der Waals surface area (Å²) in [6.07, 6.45) is 3.60. The maximum Gasteiger partial charge on any atom is 0.111 e. The van der Waals surface area contributed by atoms with Crippen LogP contribution in [0.5, 0.6) is 0 Å². The highest BCUT2D eigenvalue weighted by molar-refractivity contribution is 5.77. The van der Waals surface area contributed by atoms with Crippen LogP contribution in [0.2, 0.25) is 0 Å². The van der Waals surface area contributed by atoms with E-state index in [9.17, 15) is 0 Å².